The topological polar surface area (TPSA) is 57.5 Å². The molecule has 0 unspecified atom stereocenters. The molecule has 2 N–H and O–H groups in total. The molecule has 0 saturated heterocycles. The molecule has 0 bridgehead atoms. The first kappa shape index (κ1) is 13.6. The van der Waals surface area contributed by atoms with E-state index in [1.807, 2.05) is 42.5 Å². The van der Waals surface area contributed by atoms with Crippen molar-refractivity contribution in [1.29, 1.82) is 0 Å². The van der Waals surface area contributed by atoms with Crippen molar-refractivity contribution in [3.05, 3.63) is 60.2 Å². The Labute approximate surface area is 122 Å². The second-order valence-electron chi connectivity index (χ2n) is 5.26. The zero-order valence-corrected chi connectivity index (χ0v) is 11.5. The van der Waals surface area contributed by atoms with Crippen LogP contribution >= 0.6 is 0 Å². The second kappa shape index (κ2) is 5.54. The minimum Gasteiger partial charge on any atom is -0.481 e. The van der Waals surface area contributed by atoms with Crippen molar-refractivity contribution in [2.45, 2.75) is 18.9 Å². The lowest BCUT2D eigenvalue weighted by Gasteiger charge is -2.13. The summed E-state index contributed by atoms with van der Waals surface area (Å²) in [4.78, 5) is 10.7. The second-order valence-corrected chi connectivity index (χ2v) is 5.26. The first-order valence-electron chi connectivity index (χ1n) is 6.94. The van der Waals surface area contributed by atoms with E-state index in [4.69, 9.17) is 5.11 Å². The Morgan fingerprint density at radius 3 is 2.29 bits per heavy atom. The Balaban J connectivity index is 2.14. The molecule has 0 aliphatic rings. The lowest BCUT2D eigenvalue weighted by atomic mass is 9.94. The van der Waals surface area contributed by atoms with Gasteiger partial charge in [0.15, 0.2) is 0 Å². The molecule has 106 valence electrons. The lowest BCUT2D eigenvalue weighted by Crippen LogP contribution is -2.15. The molecule has 0 saturated carbocycles. The van der Waals surface area contributed by atoms with E-state index in [0.717, 1.165) is 21.7 Å². The highest BCUT2D eigenvalue weighted by atomic mass is 16.4. The van der Waals surface area contributed by atoms with E-state index < -0.39 is 12.1 Å². The fourth-order valence-electron chi connectivity index (χ4n) is 2.83. The van der Waals surface area contributed by atoms with Crippen molar-refractivity contribution >= 4 is 27.5 Å². The molecule has 0 fully saturated rings. The van der Waals surface area contributed by atoms with E-state index >= 15 is 0 Å². The molecule has 0 amide bonds. The maximum atomic E-state index is 10.7. The Hall–Kier alpha value is -2.39. The fraction of sp³-hybridized carbons (Fsp3) is 0.167. The van der Waals surface area contributed by atoms with Gasteiger partial charge in [0.25, 0.3) is 0 Å². The summed E-state index contributed by atoms with van der Waals surface area (Å²) in [5, 5.41) is 23.2. The quantitative estimate of drug-likeness (QED) is 0.720. The highest BCUT2D eigenvalue weighted by molar-refractivity contribution is 6.08. The molecule has 0 aliphatic heterocycles. The van der Waals surface area contributed by atoms with E-state index in [2.05, 4.69) is 12.1 Å². The summed E-state index contributed by atoms with van der Waals surface area (Å²) in [6.45, 7) is 0. The smallest absolute Gasteiger partial charge is 0.305 e. The first-order valence-corrected chi connectivity index (χ1v) is 6.94. The number of carboxylic acid groups (broad SMARTS) is 1. The average molecular weight is 280 g/mol. The van der Waals surface area contributed by atoms with Crippen LogP contribution in [-0.4, -0.2) is 22.3 Å². The molecule has 3 aromatic carbocycles. The summed E-state index contributed by atoms with van der Waals surface area (Å²) in [6, 6.07) is 18.2. The molecule has 21 heavy (non-hydrogen) atoms. The average Bonchev–Trinajstić information content (AvgIpc) is 2.46. The van der Waals surface area contributed by atoms with E-state index in [1.54, 1.807) is 0 Å². The van der Waals surface area contributed by atoms with Crippen molar-refractivity contribution < 1.29 is 15.0 Å². The number of hydrogen-bond donors (Lipinski definition) is 2. The molecule has 0 radical (unpaired) electrons. The summed E-state index contributed by atoms with van der Waals surface area (Å²) in [5.41, 5.74) is 0.984. The monoisotopic (exact) mass is 280 g/mol. The third kappa shape index (κ3) is 2.73. The first-order chi connectivity index (χ1) is 10.1. The number of aliphatic hydroxyl groups excluding tert-OH is 1. The standard InChI is InChI=1S/C18H16O3/c19-14(11-18(20)21)10-13-9-12-5-1-2-6-15(12)17-8-4-3-7-16(13)17/h1-9,14,19H,10-11H2,(H,20,21)/t14-/m0/s1. The number of rotatable bonds is 4. The molecule has 3 heteroatoms. The van der Waals surface area contributed by atoms with Crippen LogP contribution in [0.15, 0.2) is 54.6 Å². The molecule has 3 nitrogen and oxygen atoms in total. The SMILES string of the molecule is O=C(O)C[C@@H](O)Cc1cc2ccccc2c2ccccc12. The lowest BCUT2D eigenvalue weighted by molar-refractivity contribution is -0.139. The maximum absolute atomic E-state index is 10.7. The molecule has 3 aromatic rings. The number of aliphatic carboxylic acids is 1. The van der Waals surface area contributed by atoms with E-state index in [0.29, 0.717) is 6.42 Å². The van der Waals surface area contributed by atoms with Gasteiger partial charge in [0, 0.05) is 0 Å². The van der Waals surface area contributed by atoms with Crippen molar-refractivity contribution in [1.82, 2.24) is 0 Å². The summed E-state index contributed by atoms with van der Waals surface area (Å²) in [6.07, 6.45) is -0.759. The number of carboxylic acids is 1. The molecule has 0 heterocycles. The van der Waals surface area contributed by atoms with Gasteiger partial charge in [0.1, 0.15) is 0 Å². The largest absolute Gasteiger partial charge is 0.481 e. The zero-order valence-electron chi connectivity index (χ0n) is 11.5. The van der Waals surface area contributed by atoms with Gasteiger partial charge in [0.2, 0.25) is 0 Å². The van der Waals surface area contributed by atoms with Gasteiger partial charge in [0.05, 0.1) is 12.5 Å². The van der Waals surface area contributed by atoms with Crippen LogP contribution in [0.1, 0.15) is 12.0 Å². The minimum atomic E-state index is -0.979. The highest BCUT2D eigenvalue weighted by Gasteiger charge is 2.13. The number of hydrogen-bond acceptors (Lipinski definition) is 2. The van der Waals surface area contributed by atoms with Crippen LogP contribution in [0.3, 0.4) is 0 Å². The van der Waals surface area contributed by atoms with Crippen LogP contribution in [0, 0.1) is 0 Å². The molecule has 1 atom stereocenters. The van der Waals surface area contributed by atoms with Crippen LogP contribution in [0.5, 0.6) is 0 Å². The van der Waals surface area contributed by atoms with Crippen molar-refractivity contribution in [3.8, 4) is 0 Å². The normalized spacial score (nSPS) is 12.6. The molecular weight excluding hydrogens is 264 g/mol. The molecule has 0 spiro atoms. The maximum Gasteiger partial charge on any atom is 0.305 e. The third-order valence-electron chi connectivity index (χ3n) is 3.72. The van der Waals surface area contributed by atoms with Crippen LogP contribution < -0.4 is 0 Å². The van der Waals surface area contributed by atoms with Crippen molar-refractivity contribution in [3.63, 3.8) is 0 Å². The summed E-state index contributed by atoms with van der Waals surface area (Å²) >= 11 is 0. The fourth-order valence-corrected chi connectivity index (χ4v) is 2.83. The Bertz CT molecular complexity index is 808. The van der Waals surface area contributed by atoms with Crippen LogP contribution in [0.25, 0.3) is 21.5 Å². The van der Waals surface area contributed by atoms with Gasteiger partial charge in [-0.15, -0.1) is 0 Å². The molecule has 3 rings (SSSR count). The van der Waals surface area contributed by atoms with Gasteiger partial charge in [-0.3, -0.25) is 4.79 Å². The van der Waals surface area contributed by atoms with Gasteiger partial charge < -0.3 is 10.2 Å². The van der Waals surface area contributed by atoms with E-state index in [9.17, 15) is 9.90 Å². The third-order valence-corrected chi connectivity index (χ3v) is 3.72. The van der Waals surface area contributed by atoms with Gasteiger partial charge in [-0.05, 0) is 33.5 Å². The van der Waals surface area contributed by atoms with Gasteiger partial charge in [-0.2, -0.15) is 0 Å². The Morgan fingerprint density at radius 1 is 0.952 bits per heavy atom. The van der Waals surface area contributed by atoms with Crippen molar-refractivity contribution in [2.24, 2.45) is 0 Å². The predicted molar refractivity (Wildman–Crippen MR) is 83.4 cm³/mol. The molecule has 0 aromatic heterocycles. The number of fused-ring (bicyclic) bond motifs is 3. The number of aliphatic hydroxyl groups is 1. The molecular formula is C18H16O3. The van der Waals surface area contributed by atoms with Gasteiger partial charge in [-0.1, -0.05) is 54.6 Å². The number of carbonyl (C=O) groups is 1. The van der Waals surface area contributed by atoms with Crippen molar-refractivity contribution in [2.75, 3.05) is 0 Å². The summed E-state index contributed by atoms with van der Waals surface area (Å²) in [5.74, 6) is -0.979. The highest BCUT2D eigenvalue weighted by Crippen LogP contribution is 2.29. The summed E-state index contributed by atoms with van der Waals surface area (Å²) in [7, 11) is 0. The van der Waals surface area contributed by atoms with E-state index in [1.165, 1.54) is 5.39 Å². The molecule has 0 aliphatic carbocycles. The van der Waals surface area contributed by atoms with Gasteiger partial charge in [-0.25, -0.2) is 0 Å². The zero-order chi connectivity index (χ0) is 14.8. The Kier molecular flexibility index (Phi) is 3.59. The Morgan fingerprint density at radius 2 is 1.57 bits per heavy atom. The minimum absolute atomic E-state index is 0.235. The van der Waals surface area contributed by atoms with E-state index in [-0.39, 0.29) is 6.42 Å². The predicted octanol–water partition coefficient (Wildman–Crippen LogP) is 3.37. The van der Waals surface area contributed by atoms with Crippen LogP contribution in [-0.2, 0) is 11.2 Å². The van der Waals surface area contributed by atoms with Crippen LogP contribution in [0.4, 0.5) is 0 Å². The van der Waals surface area contributed by atoms with Crippen LogP contribution in [0.2, 0.25) is 0 Å². The number of benzene rings is 3. The van der Waals surface area contributed by atoms with Gasteiger partial charge >= 0.3 is 5.97 Å². The summed E-state index contributed by atoms with van der Waals surface area (Å²) < 4.78 is 0.